The van der Waals surface area contributed by atoms with E-state index in [4.69, 9.17) is 36.4 Å². The number of Topliss-reactive ketones (excluding diaryl/α,β-unsaturated/α-hetero) is 2. The van der Waals surface area contributed by atoms with Gasteiger partial charge in [-0.15, -0.1) is 0 Å². The van der Waals surface area contributed by atoms with E-state index in [9.17, 15) is 49.8 Å². The number of aliphatic hydroxyl groups is 10. The molecule has 14 N–H and O–H groups in total. The summed E-state index contributed by atoms with van der Waals surface area (Å²) in [5, 5.41) is 118. The number of phenols is 1. The van der Waals surface area contributed by atoms with E-state index in [0.717, 1.165) is 0 Å². The van der Waals surface area contributed by atoms with Crippen molar-refractivity contribution in [3.63, 3.8) is 0 Å². The number of likely N-dealkylation sites (N-methyl/N-ethyl adjacent to an activating group) is 1. The van der Waals surface area contributed by atoms with Crippen LogP contribution in [0.15, 0.2) is 35.1 Å². The van der Waals surface area contributed by atoms with Gasteiger partial charge in [0.05, 0.1) is 47.3 Å². The minimum Gasteiger partial charge on any atom is -0.508 e. The molecule has 3 aliphatic rings. The Hall–Kier alpha value is -3.98. The van der Waals surface area contributed by atoms with Crippen molar-refractivity contribution in [2.45, 2.75) is 54.7 Å². The fraction of sp³-hybridized carbons (Fsp3) is 0.500. The largest absolute Gasteiger partial charge is 0.508 e. The lowest BCUT2D eigenvalue weighted by Crippen LogP contribution is -2.71. The fourth-order valence-corrected chi connectivity index (χ4v) is 6.27. The van der Waals surface area contributed by atoms with Crippen LogP contribution in [0.5, 0.6) is 5.75 Å². The first-order valence-corrected chi connectivity index (χ1v) is 13.6. The molecule has 0 unspecified atom stereocenters. The van der Waals surface area contributed by atoms with Crippen LogP contribution in [0.2, 0.25) is 0 Å². The summed E-state index contributed by atoms with van der Waals surface area (Å²) in [5.74, 6) is -11.4. The Morgan fingerprint density at radius 2 is 1.59 bits per heavy atom. The number of aliphatic hydroxyl groups excluding tert-OH is 8. The minimum absolute atomic E-state index is 0.00664. The van der Waals surface area contributed by atoms with Gasteiger partial charge in [0.1, 0.15) is 41.2 Å². The summed E-state index contributed by atoms with van der Waals surface area (Å²) in [6.45, 7) is 0.410. The van der Waals surface area contributed by atoms with Crippen molar-refractivity contribution in [1.82, 2.24) is 4.90 Å². The van der Waals surface area contributed by atoms with Crippen LogP contribution >= 0.6 is 0 Å². The molecule has 0 spiro atoms. The number of amides is 1. The van der Waals surface area contributed by atoms with E-state index < -0.39 is 118 Å². The van der Waals surface area contributed by atoms with Crippen LogP contribution in [0.3, 0.4) is 0 Å². The number of carbonyl (C=O) groups is 4. The normalized spacial score (nSPS) is 31.6. The van der Waals surface area contributed by atoms with Crippen molar-refractivity contribution in [2.24, 2.45) is 17.6 Å². The first-order chi connectivity index (χ1) is 21.1. The highest BCUT2D eigenvalue weighted by atomic mass is 16.4. The van der Waals surface area contributed by atoms with E-state index in [1.807, 2.05) is 0 Å². The highest BCUT2D eigenvalue weighted by Crippen LogP contribution is 2.57. The van der Waals surface area contributed by atoms with Gasteiger partial charge in [0.2, 0.25) is 5.78 Å². The van der Waals surface area contributed by atoms with Crippen LogP contribution in [-0.4, -0.2) is 152 Å². The van der Waals surface area contributed by atoms with Gasteiger partial charge in [-0.05, 0) is 32.6 Å². The van der Waals surface area contributed by atoms with E-state index in [1.54, 1.807) is 0 Å². The van der Waals surface area contributed by atoms with Gasteiger partial charge in [-0.2, -0.15) is 0 Å². The average molecular weight is 657 g/mol. The summed E-state index contributed by atoms with van der Waals surface area (Å²) in [6, 6.07) is 2.50. The highest BCUT2D eigenvalue weighted by Gasteiger charge is 2.70. The van der Waals surface area contributed by atoms with E-state index in [-0.39, 0.29) is 11.1 Å². The number of hydrogen-bond acceptors (Lipinski definition) is 16. The number of benzene rings is 1. The number of rotatable bonds is 7. The number of nitrogens with zero attached hydrogens (tertiary/aromatic N) is 1. The SMILES string of the molecule is CN(C)[C@@H]1C(=O)C(C(N)=O)=C(O)[C@@]2(O)C(=O)C3=C(O)c4c(O)cccc4[C@@](C)(O)[C@H]3[C@H](O)[C@@H]12.O=C(O)[C@H](O)[C@H](O)[C@@H](O)[C@H](O)CO. The van der Waals surface area contributed by atoms with Crippen molar-refractivity contribution in [2.75, 3.05) is 20.7 Å². The molecule has 0 aliphatic heterocycles. The van der Waals surface area contributed by atoms with Crippen molar-refractivity contribution >= 4 is 29.2 Å². The van der Waals surface area contributed by atoms with Crippen LogP contribution in [0.1, 0.15) is 18.1 Å². The average Bonchev–Trinajstić information content (AvgIpc) is 2.97. The lowest BCUT2D eigenvalue weighted by molar-refractivity contribution is -0.181. The Morgan fingerprint density at radius 3 is 2.07 bits per heavy atom. The zero-order chi connectivity index (χ0) is 35.4. The van der Waals surface area contributed by atoms with Gasteiger partial charge in [0.15, 0.2) is 17.5 Å². The molecule has 18 nitrogen and oxygen atoms in total. The van der Waals surface area contributed by atoms with Crippen LogP contribution in [0.4, 0.5) is 0 Å². The number of phenolic OH excluding ortho intramolecular Hbond substituents is 1. The zero-order valence-electron chi connectivity index (χ0n) is 24.6. The van der Waals surface area contributed by atoms with Crippen molar-refractivity contribution in [3.8, 4) is 5.75 Å². The monoisotopic (exact) mass is 656 g/mol. The van der Waals surface area contributed by atoms with Gasteiger partial charge >= 0.3 is 5.97 Å². The smallest absolute Gasteiger partial charge is 0.335 e. The number of fused-ring (bicyclic) bond motifs is 3. The molecule has 0 saturated heterocycles. The minimum atomic E-state index is -3.02. The second-order valence-electron chi connectivity index (χ2n) is 11.6. The first-order valence-electron chi connectivity index (χ1n) is 13.6. The Balaban J connectivity index is 0.000000376. The molecule has 1 aromatic rings. The Bertz CT molecular complexity index is 1500. The Labute approximate surface area is 259 Å². The molecule has 254 valence electrons. The van der Waals surface area contributed by atoms with Gasteiger partial charge < -0.3 is 67.0 Å². The van der Waals surface area contributed by atoms with Gasteiger partial charge in [-0.1, -0.05) is 12.1 Å². The van der Waals surface area contributed by atoms with Crippen LogP contribution in [-0.2, 0) is 24.8 Å². The maximum Gasteiger partial charge on any atom is 0.335 e. The van der Waals surface area contributed by atoms with E-state index in [2.05, 4.69) is 0 Å². The summed E-state index contributed by atoms with van der Waals surface area (Å²) in [4.78, 5) is 50.0. The molecule has 0 aromatic heterocycles. The van der Waals surface area contributed by atoms with Gasteiger partial charge in [0.25, 0.3) is 5.91 Å². The van der Waals surface area contributed by atoms with Crippen LogP contribution in [0.25, 0.3) is 5.76 Å². The second kappa shape index (κ2) is 12.7. The number of nitrogens with two attached hydrogens (primary N) is 1. The third-order valence-corrected chi connectivity index (χ3v) is 8.54. The number of hydrogen-bond donors (Lipinski definition) is 13. The molecule has 1 amide bonds. The lowest BCUT2D eigenvalue weighted by Gasteiger charge is -2.55. The molecule has 1 aromatic carbocycles. The second-order valence-corrected chi connectivity index (χ2v) is 11.6. The molecular formula is C28H36N2O16. The number of carboxylic acid groups (broad SMARTS) is 1. The number of carboxylic acids is 1. The maximum absolute atomic E-state index is 13.7. The maximum atomic E-state index is 13.7. The summed E-state index contributed by atoms with van der Waals surface area (Å²) >= 11 is 0. The summed E-state index contributed by atoms with van der Waals surface area (Å²) < 4.78 is 0. The lowest BCUT2D eigenvalue weighted by atomic mass is 9.53. The molecule has 10 atom stereocenters. The zero-order valence-corrected chi connectivity index (χ0v) is 24.6. The molecule has 3 aliphatic carbocycles. The highest BCUT2D eigenvalue weighted by molar-refractivity contribution is 6.24. The van der Waals surface area contributed by atoms with Crippen LogP contribution < -0.4 is 5.73 Å². The number of aromatic hydroxyl groups is 1. The predicted octanol–water partition coefficient (Wildman–Crippen LogP) is -4.89. The molecule has 18 heteroatoms. The number of ketones is 2. The van der Waals surface area contributed by atoms with Gasteiger partial charge in [-0.3, -0.25) is 19.3 Å². The molecule has 1 fully saturated rings. The molecule has 0 heterocycles. The number of carbonyl (C=O) groups excluding carboxylic acids is 3. The summed E-state index contributed by atoms with van der Waals surface area (Å²) in [6.07, 6.45) is -9.71. The van der Waals surface area contributed by atoms with E-state index in [0.29, 0.717) is 0 Å². The molecule has 4 rings (SSSR count). The number of primary amides is 1. The summed E-state index contributed by atoms with van der Waals surface area (Å²) in [7, 11) is 2.80. The molecule has 1 saturated carbocycles. The standard InChI is InChI=1S/C22H24N2O9.C6H12O7/c1-21(32)7-5-4-6-8(25)9(7)15(26)10-12(21)17(28)13-14(24(2)3)16(27)11(20(23)31)19(30)22(13,33)18(10)29;7-1-2(8)3(9)4(10)5(11)6(12)13/h4-6,12-14,17,25-26,28,30,32-33H,1-3H3,(H2,23,31);2-5,7-11H,1H2,(H,12,13)/t12-,13-,14+,17+,21-,22+;2-,3+,4-,5-/m11/s1. The fourth-order valence-electron chi connectivity index (χ4n) is 6.27. The van der Waals surface area contributed by atoms with Crippen molar-refractivity contribution < 1.29 is 80.5 Å². The topological polar surface area (TPSA) is 340 Å². The van der Waals surface area contributed by atoms with E-state index >= 15 is 0 Å². The number of aliphatic carboxylic acids is 1. The molecule has 0 bridgehead atoms. The van der Waals surface area contributed by atoms with E-state index in [1.165, 1.54) is 44.1 Å². The summed E-state index contributed by atoms with van der Waals surface area (Å²) in [5.41, 5.74) is -1.78. The molecule has 0 radical (unpaired) electrons. The first kappa shape index (κ1) is 36.5. The quantitative estimate of drug-likeness (QED) is 0.122. The Kier molecular flexibility index (Phi) is 10.0. The third kappa shape index (κ3) is 5.42. The predicted molar refractivity (Wildman–Crippen MR) is 150 cm³/mol. The van der Waals surface area contributed by atoms with Crippen molar-refractivity contribution in [1.29, 1.82) is 0 Å². The molecular weight excluding hydrogens is 620 g/mol. The van der Waals surface area contributed by atoms with Gasteiger partial charge in [0, 0.05) is 0 Å². The molecule has 46 heavy (non-hydrogen) atoms. The third-order valence-electron chi connectivity index (χ3n) is 8.54. The Morgan fingerprint density at radius 1 is 1.02 bits per heavy atom. The van der Waals surface area contributed by atoms with Crippen LogP contribution in [0, 0.1) is 11.8 Å². The van der Waals surface area contributed by atoms with Crippen molar-refractivity contribution in [3.05, 3.63) is 46.2 Å². The van der Waals surface area contributed by atoms with Gasteiger partial charge in [-0.25, -0.2) is 4.79 Å².